The van der Waals surface area contributed by atoms with E-state index in [2.05, 4.69) is 22.5 Å². The number of fused-ring (bicyclic) bond motifs is 1. The van der Waals surface area contributed by atoms with E-state index in [1.807, 2.05) is 35.1 Å². The average Bonchev–Trinajstić information content (AvgIpc) is 3.29. The molecule has 2 aromatic carbocycles. The molecule has 0 atom stereocenters. The van der Waals surface area contributed by atoms with Crippen LogP contribution in [0.25, 0.3) is 22.3 Å². The summed E-state index contributed by atoms with van der Waals surface area (Å²) in [5.74, 6) is -0.105. The van der Waals surface area contributed by atoms with Crippen molar-refractivity contribution in [3.05, 3.63) is 66.1 Å². The van der Waals surface area contributed by atoms with Crippen LogP contribution in [0.5, 0.6) is 0 Å². The molecule has 0 unspecified atom stereocenters. The van der Waals surface area contributed by atoms with Crippen LogP contribution in [0.4, 0.5) is 16.0 Å². The molecule has 2 heterocycles. The number of amides is 1. The summed E-state index contributed by atoms with van der Waals surface area (Å²) in [5, 5.41) is 22.0. The predicted molar refractivity (Wildman–Crippen MR) is 142 cm³/mol. The number of aromatic nitrogens is 4. The maximum absolute atomic E-state index is 13.2. The lowest BCUT2D eigenvalue weighted by Crippen LogP contribution is -2.22. The summed E-state index contributed by atoms with van der Waals surface area (Å²) in [6, 6.07) is 13.0. The van der Waals surface area contributed by atoms with Gasteiger partial charge in [-0.2, -0.15) is 10.1 Å². The molecule has 3 N–H and O–H groups in total. The van der Waals surface area contributed by atoms with E-state index in [1.165, 1.54) is 24.3 Å². The van der Waals surface area contributed by atoms with Gasteiger partial charge in [-0.1, -0.05) is 25.5 Å². The number of carbonyl (C=O) groups is 1. The molecular weight excluding hydrogens is 471 g/mol. The van der Waals surface area contributed by atoms with Gasteiger partial charge in [0.25, 0.3) is 5.91 Å². The Morgan fingerprint density at radius 3 is 2.51 bits per heavy atom. The largest absolute Gasteiger partial charge is 0.393 e. The molecule has 1 fully saturated rings. The van der Waals surface area contributed by atoms with Gasteiger partial charge in [0.1, 0.15) is 11.5 Å². The molecule has 0 saturated heterocycles. The molecule has 9 heteroatoms. The van der Waals surface area contributed by atoms with E-state index in [4.69, 9.17) is 10.1 Å². The highest BCUT2D eigenvalue weighted by molar-refractivity contribution is 6.04. The van der Waals surface area contributed by atoms with Crippen molar-refractivity contribution < 1.29 is 14.3 Å². The van der Waals surface area contributed by atoms with Crippen molar-refractivity contribution in [3.63, 3.8) is 0 Å². The average molecular weight is 503 g/mol. The van der Waals surface area contributed by atoms with Crippen LogP contribution in [0.1, 0.15) is 61.8 Å². The Labute approximate surface area is 215 Å². The van der Waals surface area contributed by atoms with E-state index in [-0.39, 0.29) is 23.9 Å². The van der Waals surface area contributed by atoms with Crippen LogP contribution in [-0.2, 0) is 0 Å². The highest BCUT2D eigenvalue weighted by atomic mass is 19.1. The third kappa shape index (κ3) is 5.61. The summed E-state index contributed by atoms with van der Waals surface area (Å²) >= 11 is 0. The number of benzene rings is 2. The van der Waals surface area contributed by atoms with E-state index >= 15 is 0 Å². The molecule has 0 radical (unpaired) electrons. The first-order valence-corrected chi connectivity index (χ1v) is 12.9. The minimum Gasteiger partial charge on any atom is -0.393 e. The second-order valence-electron chi connectivity index (χ2n) is 9.51. The van der Waals surface area contributed by atoms with Gasteiger partial charge in [-0.15, -0.1) is 0 Å². The van der Waals surface area contributed by atoms with Crippen LogP contribution < -0.4 is 10.6 Å². The number of nitrogens with one attached hydrogen (secondary N) is 2. The number of aliphatic hydroxyl groups is 1. The van der Waals surface area contributed by atoms with Gasteiger partial charge in [-0.05, 0) is 68.5 Å². The molecule has 192 valence electrons. The Bertz CT molecular complexity index is 1360. The molecule has 2 aromatic heterocycles. The Kier molecular flexibility index (Phi) is 7.41. The van der Waals surface area contributed by atoms with Gasteiger partial charge in [0.2, 0.25) is 5.95 Å². The molecule has 1 aliphatic rings. The molecule has 1 saturated carbocycles. The van der Waals surface area contributed by atoms with Crippen molar-refractivity contribution in [2.45, 2.75) is 57.6 Å². The fourth-order valence-corrected chi connectivity index (χ4v) is 4.67. The lowest BCUT2D eigenvalue weighted by molar-refractivity contribution is 0.102. The van der Waals surface area contributed by atoms with Crippen molar-refractivity contribution in [1.82, 2.24) is 19.7 Å². The number of nitrogens with zero attached hydrogens (tertiary/aromatic N) is 4. The maximum atomic E-state index is 13.2. The number of halogens is 1. The molecule has 0 aliphatic heterocycles. The zero-order valence-corrected chi connectivity index (χ0v) is 20.8. The smallest absolute Gasteiger partial charge is 0.255 e. The normalized spacial score (nSPS) is 17.6. The van der Waals surface area contributed by atoms with Gasteiger partial charge >= 0.3 is 0 Å². The quantitative estimate of drug-likeness (QED) is 0.272. The fraction of sp³-hybridized carbons (Fsp3) is 0.357. The molecule has 0 bridgehead atoms. The molecule has 0 spiro atoms. The molecule has 37 heavy (non-hydrogen) atoms. The number of carbonyl (C=O) groups excluding carboxylic acids is 1. The minimum atomic E-state index is -0.384. The van der Waals surface area contributed by atoms with E-state index in [0.29, 0.717) is 17.2 Å². The van der Waals surface area contributed by atoms with Crippen molar-refractivity contribution in [3.8, 4) is 11.3 Å². The monoisotopic (exact) mass is 502 g/mol. The van der Waals surface area contributed by atoms with E-state index < -0.39 is 0 Å². The summed E-state index contributed by atoms with van der Waals surface area (Å²) in [5.41, 5.74) is 3.45. The van der Waals surface area contributed by atoms with Crippen LogP contribution in [0.15, 0.2) is 54.7 Å². The molecule has 8 nitrogen and oxygen atoms in total. The van der Waals surface area contributed by atoms with Crippen molar-refractivity contribution >= 4 is 28.6 Å². The summed E-state index contributed by atoms with van der Waals surface area (Å²) in [6.45, 7) is 2.95. The lowest BCUT2D eigenvalue weighted by atomic mass is 9.93. The Morgan fingerprint density at radius 1 is 1.08 bits per heavy atom. The first kappa shape index (κ1) is 24.8. The molecule has 5 rings (SSSR count). The van der Waals surface area contributed by atoms with Crippen molar-refractivity contribution in [1.29, 1.82) is 0 Å². The highest BCUT2D eigenvalue weighted by Crippen LogP contribution is 2.34. The summed E-state index contributed by atoms with van der Waals surface area (Å²) in [7, 11) is 0. The van der Waals surface area contributed by atoms with E-state index in [0.717, 1.165) is 67.4 Å². The minimum absolute atomic E-state index is 0.160. The van der Waals surface area contributed by atoms with Crippen LogP contribution in [0, 0.1) is 5.82 Å². The van der Waals surface area contributed by atoms with Crippen LogP contribution in [0.3, 0.4) is 0 Å². The first-order valence-electron chi connectivity index (χ1n) is 12.9. The Hall–Kier alpha value is -3.85. The number of aliphatic hydroxyl groups excluding tert-OH is 1. The van der Waals surface area contributed by atoms with E-state index in [1.54, 1.807) is 0 Å². The molecule has 1 aliphatic carbocycles. The number of unbranched alkanes of at least 4 members (excludes halogenated alkanes) is 1. The van der Waals surface area contributed by atoms with Crippen molar-refractivity contribution in [2.75, 3.05) is 17.2 Å². The maximum Gasteiger partial charge on any atom is 0.255 e. The van der Waals surface area contributed by atoms with Gasteiger partial charge in [-0.3, -0.25) is 4.79 Å². The van der Waals surface area contributed by atoms with E-state index in [9.17, 15) is 14.3 Å². The van der Waals surface area contributed by atoms with Gasteiger partial charge in [0, 0.05) is 29.6 Å². The number of hydrogen-bond donors (Lipinski definition) is 3. The molecule has 1 amide bonds. The Morgan fingerprint density at radius 2 is 1.81 bits per heavy atom. The van der Waals surface area contributed by atoms with Crippen LogP contribution >= 0.6 is 0 Å². The second kappa shape index (κ2) is 11.0. The summed E-state index contributed by atoms with van der Waals surface area (Å²) in [4.78, 5) is 21.8. The third-order valence-electron chi connectivity index (χ3n) is 6.80. The zero-order valence-electron chi connectivity index (χ0n) is 20.8. The van der Waals surface area contributed by atoms with Crippen LogP contribution in [0.2, 0.25) is 0 Å². The van der Waals surface area contributed by atoms with Gasteiger partial charge in [-0.25, -0.2) is 14.1 Å². The summed E-state index contributed by atoms with van der Waals surface area (Å²) in [6.07, 6.45) is 6.86. The molecule has 4 aromatic rings. The number of rotatable bonds is 8. The second-order valence-corrected chi connectivity index (χ2v) is 9.51. The van der Waals surface area contributed by atoms with Crippen LogP contribution in [-0.4, -0.2) is 43.4 Å². The van der Waals surface area contributed by atoms with Crippen molar-refractivity contribution in [2.24, 2.45) is 0 Å². The zero-order chi connectivity index (χ0) is 25.8. The number of anilines is 2. The van der Waals surface area contributed by atoms with Gasteiger partial charge < -0.3 is 15.7 Å². The Balaban J connectivity index is 1.43. The topological polar surface area (TPSA) is 105 Å². The fourth-order valence-electron chi connectivity index (χ4n) is 4.67. The molecular formula is C28H31FN6O2. The number of hydrogen-bond acceptors (Lipinski definition) is 6. The third-order valence-corrected chi connectivity index (χ3v) is 6.80. The summed E-state index contributed by atoms with van der Waals surface area (Å²) < 4.78 is 15.2. The predicted octanol–water partition coefficient (Wildman–Crippen LogP) is 5.57. The first-order chi connectivity index (χ1) is 18.0. The van der Waals surface area contributed by atoms with Gasteiger partial charge in [0.15, 0.2) is 5.65 Å². The SMILES string of the molecule is CCCCNc1ncc2c(-c3ccc(NC(=O)c4ccc(F)cc4)cc3)nn(C3CCC(O)CC3)c2n1. The lowest BCUT2D eigenvalue weighted by Gasteiger charge is -2.25. The van der Waals surface area contributed by atoms with Gasteiger partial charge in [0.05, 0.1) is 17.5 Å². The highest BCUT2D eigenvalue weighted by Gasteiger charge is 2.25. The standard InChI is InChI=1S/C28H31FN6O2/c1-2-3-16-30-28-31-17-24-25(34-35(26(24)33-28)22-12-14-23(36)15-13-22)18-6-10-21(11-7-18)32-27(37)19-4-8-20(29)9-5-19/h4-11,17,22-23,36H,2-3,12-16H2,1H3,(H,32,37)(H,30,31,33).